The first kappa shape index (κ1) is 33.3. The largest absolute Gasteiger partial charge is 0.455 e. The van der Waals surface area contributed by atoms with Crippen LogP contribution in [0.4, 0.5) is 17.1 Å². The molecule has 3 heteroatoms. The van der Waals surface area contributed by atoms with Gasteiger partial charge >= 0.3 is 0 Å². The highest BCUT2D eigenvalue weighted by Crippen LogP contribution is 2.44. The molecular formula is C56H35NO2. The van der Waals surface area contributed by atoms with Crippen molar-refractivity contribution in [3.05, 3.63) is 212 Å². The third kappa shape index (κ3) is 5.51. The number of benzene rings is 10. The molecular weight excluding hydrogens is 719 g/mol. The minimum absolute atomic E-state index is 0.884. The topological polar surface area (TPSA) is 29.5 Å². The van der Waals surface area contributed by atoms with Crippen LogP contribution in [0, 0.1) is 0 Å². The summed E-state index contributed by atoms with van der Waals surface area (Å²) in [4.78, 5) is 2.36. The lowest BCUT2D eigenvalue weighted by Crippen LogP contribution is -2.10. The number of fused-ring (bicyclic) bond motifs is 9. The second-order valence-corrected chi connectivity index (χ2v) is 15.3. The Bertz CT molecular complexity index is 3570. The van der Waals surface area contributed by atoms with E-state index in [9.17, 15) is 0 Å². The Balaban J connectivity index is 1.01. The van der Waals surface area contributed by atoms with E-state index < -0.39 is 0 Å². The van der Waals surface area contributed by atoms with Gasteiger partial charge in [0.1, 0.15) is 22.3 Å². The molecule has 10 aromatic carbocycles. The van der Waals surface area contributed by atoms with Gasteiger partial charge in [-0.1, -0.05) is 152 Å². The minimum atomic E-state index is 0.884. The molecule has 0 aliphatic heterocycles. The van der Waals surface area contributed by atoms with Crippen molar-refractivity contribution >= 4 is 82.5 Å². The smallest absolute Gasteiger partial charge is 0.143 e. The molecule has 0 fully saturated rings. The third-order valence-corrected chi connectivity index (χ3v) is 11.8. The van der Waals surface area contributed by atoms with Crippen LogP contribution < -0.4 is 4.90 Å². The number of hydrogen-bond acceptors (Lipinski definition) is 3. The molecule has 0 aliphatic carbocycles. The van der Waals surface area contributed by atoms with Gasteiger partial charge in [-0.05, 0) is 105 Å². The maximum absolute atomic E-state index is 6.60. The quantitative estimate of drug-likeness (QED) is 0.169. The maximum Gasteiger partial charge on any atom is 0.143 e. The van der Waals surface area contributed by atoms with Crippen LogP contribution in [0.1, 0.15) is 0 Å². The molecule has 2 aromatic heterocycles. The monoisotopic (exact) mass is 753 g/mol. The first-order chi connectivity index (χ1) is 29.2. The van der Waals surface area contributed by atoms with Crippen LogP contribution in [-0.4, -0.2) is 0 Å². The van der Waals surface area contributed by atoms with Crippen LogP contribution in [-0.2, 0) is 0 Å². The molecule has 59 heavy (non-hydrogen) atoms. The normalized spacial score (nSPS) is 11.7. The summed E-state index contributed by atoms with van der Waals surface area (Å²) < 4.78 is 13.0. The number of rotatable bonds is 6. The van der Waals surface area contributed by atoms with Gasteiger partial charge in [0.2, 0.25) is 0 Å². The van der Waals surface area contributed by atoms with Gasteiger partial charge in [0.25, 0.3) is 0 Å². The van der Waals surface area contributed by atoms with Crippen molar-refractivity contribution in [3.63, 3.8) is 0 Å². The third-order valence-electron chi connectivity index (χ3n) is 11.8. The second-order valence-electron chi connectivity index (χ2n) is 15.3. The van der Waals surface area contributed by atoms with Gasteiger partial charge in [0, 0.05) is 49.6 Å². The van der Waals surface area contributed by atoms with Gasteiger partial charge in [0.15, 0.2) is 0 Å². The first-order valence-electron chi connectivity index (χ1n) is 20.1. The van der Waals surface area contributed by atoms with Gasteiger partial charge < -0.3 is 13.7 Å². The molecule has 276 valence electrons. The zero-order chi connectivity index (χ0) is 38.9. The summed E-state index contributed by atoms with van der Waals surface area (Å²) >= 11 is 0. The maximum atomic E-state index is 6.60. The fourth-order valence-corrected chi connectivity index (χ4v) is 9.01. The number of hydrogen-bond donors (Lipinski definition) is 0. The van der Waals surface area contributed by atoms with Crippen molar-refractivity contribution < 1.29 is 8.83 Å². The number of para-hydroxylation sites is 2. The van der Waals surface area contributed by atoms with E-state index in [0.29, 0.717) is 0 Å². The Kier molecular flexibility index (Phi) is 7.54. The predicted molar refractivity (Wildman–Crippen MR) is 247 cm³/mol. The molecule has 0 bridgehead atoms. The Hall–Kier alpha value is -7.88. The van der Waals surface area contributed by atoms with E-state index >= 15 is 0 Å². The van der Waals surface area contributed by atoms with Crippen molar-refractivity contribution in [3.8, 4) is 33.4 Å². The molecule has 0 unspecified atom stereocenters. The summed E-state index contributed by atoms with van der Waals surface area (Å²) in [6.07, 6.45) is 0. The molecule has 12 aromatic rings. The lowest BCUT2D eigenvalue weighted by Gasteiger charge is -2.27. The van der Waals surface area contributed by atoms with Crippen molar-refractivity contribution in [2.75, 3.05) is 4.90 Å². The van der Waals surface area contributed by atoms with Crippen LogP contribution in [0.25, 0.3) is 98.8 Å². The average Bonchev–Trinajstić information content (AvgIpc) is 3.89. The van der Waals surface area contributed by atoms with Crippen molar-refractivity contribution in [1.29, 1.82) is 0 Å². The summed E-state index contributed by atoms with van der Waals surface area (Å²) in [5, 5.41) is 9.25. The molecule has 0 amide bonds. The molecule has 0 spiro atoms. The van der Waals surface area contributed by atoms with Crippen LogP contribution in [0.2, 0.25) is 0 Å². The summed E-state index contributed by atoms with van der Waals surface area (Å²) in [7, 11) is 0. The lowest BCUT2D eigenvalue weighted by molar-refractivity contribution is 0.670. The molecule has 3 nitrogen and oxygen atoms in total. The molecule has 0 saturated carbocycles. The summed E-state index contributed by atoms with van der Waals surface area (Å²) in [6.45, 7) is 0. The average molecular weight is 754 g/mol. The summed E-state index contributed by atoms with van der Waals surface area (Å²) in [6, 6.07) is 75.8. The van der Waals surface area contributed by atoms with E-state index in [1.807, 2.05) is 12.1 Å². The number of anilines is 3. The van der Waals surface area contributed by atoms with Crippen LogP contribution in [0.3, 0.4) is 0 Å². The fraction of sp³-hybridized carbons (Fsp3) is 0. The fourth-order valence-electron chi connectivity index (χ4n) is 9.01. The van der Waals surface area contributed by atoms with E-state index in [0.717, 1.165) is 94.1 Å². The SMILES string of the molecule is c1cc(-c2ccc3ccccc3c2)cc(N(c2ccc(-c3cccc4c3oc3ccccc34)cc2)c2cccc(-c3cccc4oc5c6ccccc6ccc5c34)c2)c1. The Morgan fingerprint density at radius 2 is 0.881 bits per heavy atom. The van der Waals surface area contributed by atoms with Crippen LogP contribution in [0.5, 0.6) is 0 Å². The van der Waals surface area contributed by atoms with Gasteiger partial charge in [-0.3, -0.25) is 0 Å². The molecule has 0 radical (unpaired) electrons. The second kappa shape index (κ2) is 13.4. The zero-order valence-electron chi connectivity index (χ0n) is 32.0. The van der Waals surface area contributed by atoms with Crippen molar-refractivity contribution in [2.24, 2.45) is 0 Å². The summed E-state index contributed by atoms with van der Waals surface area (Å²) in [5.74, 6) is 0. The highest BCUT2D eigenvalue weighted by atomic mass is 16.3. The molecule has 2 heterocycles. The van der Waals surface area contributed by atoms with Crippen LogP contribution in [0.15, 0.2) is 221 Å². The number of nitrogens with zero attached hydrogens (tertiary/aromatic N) is 1. The van der Waals surface area contributed by atoms with Gasteiger partial charge in [-0.25, -0.2) is 0 Å². The van der Waals surface area contributed by atoms with Crippen molar-refractivity contribution in [1.82, 2.24) is 0 Å². The zero-order valence-corrected chi connectivity index (χ0v) is 32.0. The first-order valence-corrected chi connectivity index (χ1v) is 20.1. The van der Waals surface area contributed by atoms with E-state index in [2.05, 4.69) is 205 Å². The Labute approximate surface area is 340 Å². The van der Waals surface area contributed by atoms with E-state index in [-0.39, 0.29) is 0 Å². The van der Waals surface area contributed by atoms with Crippen LogP contribution >= 0.6 is 0 Å². The molecule has 0 N–H and O–H groups in total. The molecule has 0 atom stereocenters. The number of furan rings is 2. The summed E-state index contributed by atoms with van der Waals surface area (Å²) in [5.41, 5.74) is 13.6. The van der Waals surface area contributed by atoms with Gasteiger partial charge in [-0.2, -0.15) is 0 Å². The Morgan fingerprint density at radius 3 is 1.75 bits per heavy atom. The highest BCUT2D eigenvalue weighted by Gasteiger charge is 2.19. The minimum Gasteiger partial charge on any atom is -0.455 e. The van der Waals surface area contributed by atoms with Gasteiger partial charge in [-0.15, -0.1) is 0 Å². The highest BCUT2D eigenvalue weighted by molar-refractivity contribution is 6.19. The molecule has 12 rings (SSSR count). The van der Waals surface area contributed by atoms with Crippen molar-refractivity contribution in [2.45, 2.75) is 0 Å². The molecule has 0 aliphatic rings. The van der Waals surface area contributed by atoms with E-state index in [1.165, 1.54) is 21.7 Å². The van der Waals surface area contributed by atoms with E-state index in [1.54, 1.807) is 0 Å². The Morgan fingerprint density at radius 1 is 0.288 bits per heavy atom. The predicted octanol–water partition coefficient (Wildman–Crippen LogP) is 16.3. The van der Waals surface area contributed by atoms with E-state index in [4.69, 9.17) is 8.83 Å². The standard InChI is InChI=1S/C56H35NO2/c1-2-13-39-33-41(26-25-36(39)11-1)40-14-7-16-44(34-40)57(43-30-27-38(28-31-43)48-21-9-22-50-49-19-5-6-23-52(49)58-55(48)50)45-17-8-15-42(35-45)46-20-10-24-53-54(46)51-32-29-37-12-3-4-18-47(37)56(51)59-53/h1-35H. The van der Waals surface area contributed by atoms with Gasteiger partial charge in [0.05, 0.1) is 0 Å². The molecule has 0 saturated heterocycles. The lowest BCUT2D eigenvalue weighted by atomic mass is 9.97.